The van der Waals surface area contributed by atoms with E-state index < -0.39 is 36.8 Å². The molecule has 178 valence electrons. The largest absolute Gasteiger partial charge is 0.394 e. The highest BCUT2D eigenvalue weighted by molar-refractivity contribution is 7.13. The van der Waals surface area contributed by atoms with Crippen molar-refractivity contribution in [3.8, 4) is 0 Å². The minimum Gasteiger partial charge on any atom is -0.394 e. The zero-order valence-electron chi connectivity index (χ0n) is 18.6. The van der Waals surface area contributed by atoms with Crippen LogP contribution in [0.25, 0.3) is 5.57 Å². The predicted octanol–water partition coefficient (Wildman–Crippen LogP) is 2.95. The second-order valence-electron chi connectivity index (χ2n) is 8.53. The van der Waals surface area contributed by atoms with Crippen molar-refractivity contribution >= 4 is 16.9 Å². The number of rotatable bonds is 6. The van der Waals surface area contributed by atoms with Crippen molar-refractivity contribution in [3.63, 3.8) is 0 Å². The number of aryl methyl sites for hydroxylation is 1. The molecule has 6 nitrogen and oxygen atoms in total. The number of methoxy groups -OCH3 is 1. The van der Waals surface area contributed by atoms with Crippen molar-refractivity contribution in [2.75, 3.05) is 13.7 Å². The highest BCUT2D eigenvalue weighted by Crippen LogP contribution is 2.40. The van der Waals surface area contributed by atoms with Crippen LogP contribution in [0.5, 0.6) is 0 Å². The van der Waals surface area contributed by atoms with Gasteiger partial charge in [0.25, 0.3) is 0 Å². The van der Waals surface area contributed by atoms with Gasteiger partial charge < -0.3 is 29.9 Å². The van der Waals surface area contributed by atoms with E-state index >= 15 is 0 Å². The molecule has 5 unspecified atom stereocenters. The lowest BCUT2D eigenvalue weighted by Gasteiger charge is -2.47. The molecule has 5 atom stereocenters. The molecule has 2 aromatic rings. The topological polar surface area (TPSA) is 99.4 Å². The molecule has 0 spiro atoms. The van der Waals surface area contributed by atoms with E-state index in [-0.39, 0.29) is 5.83 Å². The molecule has 2 aliphatic rings. The van der Waals surface area contributed by atoms with Crippen molar-refractivity contribution in [3.05, 3.63) is 74.8 Å². The summed E-state index contributed by atoms with van der Waals surface area (Å²) in [6.45, 7) is 1.44. The first-order valence-corrected chi connectivity index (χ1v) is 11.7. The highest BCUT2D eigenvalue weighted by atomic mass is 32.1. The van der Waals surface area contributed by atoms with E-state index in [1.807, 2.05) is 25.1 Å². The van der Waals surface area contributed by atoms with E-state index in [0.717, 1.165) is 26.5 Å². The lowest BCUT2D eigenvalue weighted by molar-refractivity contribution is -0.366. The Morgan fingerprint density at radius 3 is 2.58 bits per heavy atom. The average Bonchev–Trinajstić information content (AvgIpc) is 3.29. The Balaban J connectivity index is 1.63. The van der Waals surface area contributed by atoms with Crippen molar-refractivity contribution in [2.24, 2.45) is 0 Å². The summed E-state index contributed by atoms with van der Waals surface area (Å²) in [4.78, 5) is 2.24. The highest BCUT2D eigenvalue weighted by Gasteiger charge is 2.55. The first-order valence-electron chi connectivity index (χ1n) is 10.9. The summed E-state index contributed by atoms with van der Waals surface area (Å²) < 4.78 is 24.7. The van der Waals surface area contributed by atoms with Gasteiger partial charge in [-0.25, -0.2) is 4.39 Å². The second-order valence-corrected chi connectivity index (χ2v) is 9.69. The van der Waals surface area contributed by atoms with E-state index in [1.54, 1.807) is 17.4 Å². The predicted molar refractivity (Wildman–Crippen MR) is 123 cm³/mol. The van der Waals surface area contributed by atoms with Crippen molar-refractivity contribution < 1.29 is 34.3 Å². The maximum atomic E-state index is 13.3. The Morgan fingerprint density at radius 1 is 1.12 bits per heavy atom. The van der Waals surface area contributed by atoms with E-state index in [4.69, 9.17) is 9.47 Å². The van der Waals surface area contributed by atoms with Gasteiger partial charge in [0.15, 0.2) is 0 Å². The summed E-state index contributed by atoms with van der Waals surface area (Å²) >= 11 is 1.66. The molecule has 1 saturated heterocycles. The monoisotopic (exact) mass is 476 g/mol. The first kappa shape index (κ1) is 24.2. The maximum absolute atomic E-state index is 13.3. The number of hydrogen-bond acceptors (Lipinski definition) is 7. The molecular weight excluding hydrogens is 447 g/mol. The molecular formula is C25H29FO6S. The molecule has 2 heterocycles. The fourth-order valence-electron chi connectivity index (χ4n) is 4.40. The Hall–Kier alpha value is -1.91. The maximum Gasteiger partial charge on any atom is 0.224 e. The Labute approximate surface area is 196 Å². The number of hydrogen-bond donors (Lipinski definition) is 4. The molecule has 8 heteroatoms. The lowest BCUT2D eigenvalue weighted by atomic mass is 9.86. The SMILES string of the molecule is COC1(c2ccc(C)c(Cc3ccc(C4=CC=C(F)CC4)s3)c2)OC(CO)C(O)C(O)C1O. The van der Waals surface area contributed by atoms with Crippen LogP contribution in [0.2, 0.25) is 0 Å². The third-order valence-corrected chi connectivity index (χ3v) is 7.61. The number of allylic oxidation sites excluding steroid dienone is 4. The van der Waals surface area contributed by atoms with E-state index in [0.29, 0.717) is 24.8 Å². The Bertz CT molecular complexity index is 1060. The van der Waals surface area contributed by atoms with Crippen LogP contribution in [0.4, 0.5) is 4.39 Å². The molecule has 33 heavy (non-hydrogen) atoms. The van der Waals surface area contributed by atoms with Crippen LogP contribution in [0, 0.1) is 6.92 Å². The Morgan fingerprint density at radius 2 is 1.91 bits per heavy atom. The van der Waals surface area contributed by atoms with Gasteiger partial charge in [-0.2, -0.15) is 0 Å². The summed E-state index contributed by atoms with van der Waals surface area (Å²) in [5, 5.41) is 40.9. The third kappa shape index (κ3) is 4.57. The molecule has 1 aromatic heterocycles. The number of benzene rings is 1. The summed E-state index contributed by atoms with van der Waals surface area (Å²) in [7, 11) is 1.35. The second kappa shape index (κ2) is 9.76. The van der Waals surface area contributed by atoms with Crippen molar-refractivity contribution in [2.45, 2.75) is 56.4 Å². The van der Waals surface area contributed by atoms with Crippen LogP contribution in [0.1, 0.15) is 39.3 Å². The van der Waals surface area contributed by atoms with Crippen LogP contribution in [-0.2, 0) is 21.7 Å². The standard InChI is InChI=1S/C25H29FO6S/c1-14-3-6-17(25(31-2)24(30)23(29)22(28)20(13-27)32-25)11-16(14)12-19-9-10-21(33-19)15-4-7-18(26)8-5-15/h3-4,6-7,9-11,20,22-24,27-30H,5,8,12-13H2,1-2H3. The summed E-state index contributed by atoms with van der Waals surface area (Å²) in [6, 6.07) is 9.60. The number of aliphatic hydroxyl groups is 4. The van der Waals surface area contributed by atoms with Gasteiger partial charge in [0.05, 0.1) is 6.61 Å². The van der Waals surface area contributed by atoms with Gasteiger partial charge in [-0.15, -0.1) is 11.3 Å². The van der Waals surface area contributed by atoms with Gasteiger partial charge in [-0.1, -0.05) is 18.2 Å². The molecule has 0 saturated carbocycles. The van der Waals surface area contributed by atoms with Crippen LogP contribution in [-0.4, -0.2) is 58.6 Å². The minimum atomic E-state index is -1.74. The normalized spacial score (nSPS) is 30.2. The van der Waals surface area contributed by atoms with Gasteiger partial charge in [-0.3, -0.25) is 0 Å². The molecule has 0 radical (unpaired) electrons. The fourth-order valence-corrected chi connectivity index (χ4v) is 5.48. The van der Waals surface area contributed by atoms with Crippen LogP contribution in [0.3, 0.4) is 0 Å². The molecule has 1 aliphatic heterocycles. The number of aliphatic hydroxyl groups excluding tert-OH is 4. The van der Waals surface area contributed by atoms with Crippen molar-refractivity contribution in [1.29, 1.82) is 0 Å². The molecule has 0 bridgehead atoms. The third-order valence-electron chi connectivity index (χ3n) is 6.45. The van der Waals surface area contributed by atoms with E-state index in [2.05, 4.69) is 12.1 Å². The van der Waals surface area contributed by atoms with Crippen LogP contribution in [0.15, 0.2) is 48.3 Å². The molecule has 1 aromatic carbocycles. The fraction of sp³-hybridized carbons (Fsp3) is 0.440. The number of thiophene rings is 1. The lowest BCUT2D eigenvalue weighted by Crippen LogP contribution is -2.64. The smallest absolute Gasteiger partial charge is 0.224 e. The number of ether oxygens (including phenoxy) is 2. The van der Waals surface area contributed by atoms with Gasteiger partial charge in [-0.05, 0) is 54.3 Å². The van der Waals surface area contributed by atoms with Gasteiger partial charge >= 0.3 is 0 Å². The van der Waals surface area contributed by atoms with Crippen molar-refractivity contribution in [1.82, 2.24) is 0 Å². The van der Waals surface area contributed by atoms with E-state index in [9.17, 15) is 24.8 Å². The quantitative estimate of drug-likeness (QED) is 0.512. The molecule has 1 aliphatic carbocycles. The Kier molecular flexibility index (Phi) is 7.16. The summed E-state index contributed by atoms with van der Waals surface area (Å²) in [5.74, 6) is -1.83. The molecule has 1 fully saturated rings. The van der Waals surface area contributed by atoms with E-state index in [1.165, 1.54) is 13.2 Å². The van der Waals surface area contributed by atoms with Crippen LogP contribution >= 0.6 is 11.3 Å². The molecule has 0 amide bonds. The number of halogens is 1. The minimum absolute atomic E-state index is 0.0942. The summed E-state index contributed by atoms with van der Waals surface area (Å²) in [5.41, 5.74) is 3.62. The van der Waals surface area contributed by atoms with Gasteiger partial charge in [0.1, 0.15) is 30.2 Å². The zero-order chi connectivity index (χ0) is 23.8. The van der Waals surface area contributed by atoms with Gasteiger partial charge in [0, 0.05) is 35.3 Å². The van der Waals surface area contributed by atoms with Gasteiger partial charge in [0.2, 0.25) is 5.79 Å². The summed E-state index contributed by atoms with van der Waals surface area (Å²) in [6.07, 6.45) is -0.570. The average molecular weight is 477 g/mol. The first-order chi connectivity index (χ1) is 15.8. The zero-order valence-corrected chi connectivity index (χ0v) is 19.4. The van der Waals surface area contributed by atoms with Crippen LogP contribution < -0.4 is 0 Å². The molecule has 4 rings (SSSR count). The molecule has 4 N–H and O–H groups in total.